The van der Waals surface area contributed by atoms with Gasteiger partial charge in [0.25, 0.3) is 0 Å². The largest absolute Gasteiger partial charge is 0.373 e. The molecule has 0 bridgehead atoms. The van der Waals surface area contributed by atoms with E-state index in [9.17, 15) is 4.79 Å². The van der Waals surface area contributed by atoms with Gasteiger partial charge in [0, 0.05) is 19.5 Å². The van der Waals surface area contributed by atoms with Crippen LogP contribution in [0.3, 0.4) is 0 Å². The third-order valence-corrected chi connectivity index (χ3v) is 5.39. The molecule has 0 radical (unpaired) electrons. The number of amides is 1. The molecular formula is C21H32N2O2. The maximum absolute atomic E-state index is 12.9. The molecule has 0 saturated carbocycles. The van der Waals surface area contributed by atoms with E-state index in [4.69, 9.17) is 4.74 Å². The minimum Gasteiger partial charge on any atom is -0.373 e. The predicted octanol–water partition coefficient (Wildman–Crippen LogP) is 3.49. The average Bonchev–Trinajstić information content (AvgIpc) is 3.13. The summed E-state index contributed by atoms with van der Waals surface area (Å²) < 4.78 is 6.18. The molecule has 2 aliphatic rings. The summed E-state index contributed by atoms with van der Waals surface area (Å²) in [7, 11) is 0. The summed E-state index contributed by atoms with van der Waals surface area (Å²) in [5.74, 6) is 0.831. The Bertz CT molecular complexity index is 540. The molecule has 0 N–H and O–H groups in total. The molecule has 2 atom stereocenters. The monoisotopic (exact) mass is 344 g/mol. The first-order valence-corrected chi connectivity index (χ1v) is 9.83. The number of likely N-dealkylation sites (tertiary alicyclic amines) is 1. The lowest BCUT2D eigenvalue weighted by molar-refractivity contribution is -0.148. The summed E-state index contributed by atoms with van der Waals surface area (Å²) in [5, 5.41) is 0. The molecule has 138 valence electrons. The van der Waals surface area contributed by atoms with Gasteiger partial charge in [0.05, 0.1) is 18.8 Å². The minimum absolute atomic E-state index is 0.0372. The number of carbonyl (C=O) groups excluding carboxylic acids is 1. The minimum atomic E-state index is 0.0372. The molecule has 4 heteroatoms. The zero-order chi connectivity index (χ0) is 17.6. The number of hydrogen-bond donors (Lipinski definition) is 0. The van der Waals surface area contributed by atoms with E-state index in [2.05, 4.69) is 47.9 Å². The van der Waals surface area contributed by atoms with Gasteiger partial charge in [-0.1, -0.05) is 44.2 Å². The molecule has 0 aromatic heterocycles. The molecule has 1 amide bonds. The van der Waals surface area contributed by atoms with Crippen LogP contribution in [0.25, 0.3) is 0 Å². The van der Waals surface area contributed by atoms with Crippen LogP contribution < -0.4 is 0 Å². The number of hydrogen-bond acceptors (Lipinski definition) is 3. The third-order valence-electron chi connectivity index (χ3n) is 5.39. The van der Waals surface area contributed by atoms with E-state index in [0.717, 1.165) is 26.1 Å². The Morgan fingerprint density at radius 2 is 1.88 bits per heavy atom. The Labute approximate surface area is 152 Å². The molecule has 2 saturated heterocycles. The molecule has 0 unspecified atom stereocenters. The molecule has 1 aromatic rings. The molecule has 3 rings (SSSR count). The van der Waals surface area contributed by atoms with Gasteiger partial charge in [0.2, 0.25) is 5.91 Å². The fourth-order valence-corrected chi connectivity index (χ4v) is 3.99. The van der Waals surface area contributed by atoms with Gasteiger partial charge < -0.3 is 14.5 Å². The van der Waals surface area contributed by atoms with Crippen LogP contribution >= 0.6 is 0 Å². The Kier molecular flexibility index (Phi) is 6.49. The lowest BCUT2D eigenvalue weighted by atomic mass is 9.96. The zero-order valence-corrected chi connectivity index (χ0v) is 15.7. The van der Waals surface area contributed by atoms with E-state index in [1.807, 2.05) is 6.07 Å². The van der Waals surface area contributed by atoms with Crippen LogP contribution in [0.2, 0.25) is 0 Å². The van der Waals surface area contributed by atoms with Gasteiger partial charge in [0.15, 0.2) is 0 Å². The maximum atomic E-state index is 12.9. The molecule has 2 heterocycles. The molecule has 0 aliphatic carbocycles. The summed E-state index contributed by atoms with van der Waals surface area (Å²) in [4.78, 5) is 17.5. The Morgan fingerprint density at radius 1 is 1.16 bits per heavy atom. The van der Waals surface area contributed by atoms with Crippen LogP contribution in [0.4, 0.5) is 0 Å². The van der Waals surface area contributed by atoms with Gasteiger partial charge in [-0.3, -0.25) is 4.79 Å². The molecule has 1 aromatic carbocycles. The zero-order valence-electron chi connectivity index (χ0n) is 15.7. The van der Waals surface area contributed by atoms with Crippen molar-refractivity contribution in [2.45, 2.75) is 51.7 Å². The van der Waals surface area contributed by atoms with E-state index in [1.54, 1.807) is 0 Å². The molecular weight excluding hydrogens is 312 g/mol. The van der Waals surface area contributed by atoms with Gasteiger partial charge >= 0.3 is 0 Å². The fourth-order valence-electron chi connectivity index (χ4n) is 3.99. The smallest absolute Gasteiger partial charge is 0.223 e. The Morgan fingerprint density at radius 3 is 2.56 bits per heavy atom. The van der Waals surface area contributed by atoms with Crippen LogP contribution in [-0.4, -0.2) is 54.6 Å². The highest BCUT2D eigenvalue weighted by Gasteiger charge is 2.37. The van der Waals surface area contributed by atoms with Crippen LogP contribution in [0, 0.1) is 5.92 Å². The van der Waals surface area contributed by atoms with Crippen LogP contribution in [0.15, 0.2) is 30.3 Å². The van der Waals surface area contributed by atoms with E-state index in [-0.39, 0.29) is 18.1 Å². The first kappa shape index (κ1) is 18.4. The normalized spacial score (nSPS) is 24.8. The van der Waals surface area contributed by atoms with E-state index < -0.39 is 0 Å². The lowest BCUT2D eigenvalue weighted by Gasteiger charge is -2.43. The van der Waals surface area contributed by atoms with Gasteiger partial charge in [-0.05, 0) is 43.8 Å². The van der Waals surface area contributed by atoms with Crippen molar-refractivity contribution in [2.75, 3.05) is 32.8 Å². The number of ether oxygens (including phenoxy) is 1. The number of benzene rings is 1. The topological polar surface area (TPSA) is 32.8 Å². The SMILES string of the molecule is CC(C)CCC(=O)N1CCO[C@@H](CN2CCCC2)[C@@H]1c1ccccc1. The van der Waals surface area contributed by atoms with Crippen molar-refractivity contribution in [1.29, 1.82) is 0 Å². The highest BCUT2D eigenvalue weighted by Crippen LogP contribution is 2.31. The first-order chi connectivity index (χ1) is 12.1. The molecule has 4 nitrogen and oxygen atoms in total. The van der Waals surface area contributed by atoms with E-state index in [1.165, 1.54) is 18.4 Å². The second kappa shape index (κ2) is 8.81. The lowest BCUT2D eigenvalue weighted by Crippen LogP contribution is -2.51. The van der Waals surface area contributed by atoms with E-state index >= 15 is 0 Å². The highest BCUT2D eigenvalue weighted by molar-refractivity contribution is 5.77. The Balaban J connectivity index is 1.78. The summed E-state index contributed by atoms with van der Waals surface area (Å²) in [5.41, 5.74) is 1.20. The van der Waals surface area contributed by atoms with Crippen molar-refractivity contribution < 1.29 is 9.53 Å². The molecule has 25 heavy (non-hydrogen) atoms. The third kappa shape index (κ3) is 4.83. The van der Waals surface area contributed by atoms with Crippen molar-refractivity contribution in [3.63, 3.8) is 0 Å². The number of nitrogens with zero attached hydrogens (tertiary/aromatic N) is 2. The summed E-state index contributed by atoms with van der Waals surface area (Å²) >= 11 is 0. The van der Waals surface area contributed by atoms with Crippen LogP contribution in [-0.2, 0) is 9.53 Å². The predicted molar refractivity (Wildman–Crippen MR) is 100 cm³/mol. The van der Waals surface area contributed by atoms with Crippen LogP contribution in [0.5, 0.6) is 0 Å². The summed E-state index contributed by atoms with van der Waals surface area (Å²) in [6.45, 7) is 8.94. The summed E-state index contributed by atoms with van der Waals surface area (Å²) in [6.07, 6.45) is 4.21. The maximum Gasteiger partial charge on any atom is 0.223 e. The Hall–Kier alpha value is -1.39. The number of rotatable bonds is 6. The van der Waals surface area contributed by atoms with Gasteiger partial charge in [-0.2, -0.15) is 0 Å². The van der Waals surface area contributed by atoms with Gasteiger partial charge in [-0.25, -0.2) is 0 Å². The molecule has 0 spiro atoms. The van der Waals surface area contributed by atoms with E-state index in [0.29, 0.717) is 25.5 Å². The second-order valence-electron chi connectivity index (χ2n) is 7.79. The van der Waals surface area contributed by atoms with Gasteiger partial charge in [0.1, 0.15) is 0 Å². The standard InChI is InChI=1S/C21H32N2O2/c1-17(2)10-11-20(24)23-14-15-25-19(16-22-12-6-7-13-22)21(23)18-8-4-3-5-9-18/h3-5,8-9,17,19,21H,6-7,10-16H2,1-2H3/t19-,21-/m0/s1. The van der Waals surface area contributed by atoms with Crippen molar-refractivity contribution >= 4 is 5.91 Å². The van der Waals surface area contributed by atoms with Crippen LogP contribution in [0.1, 0.15) is 51.1 Å². The van der Waals surface area contributed by atoms with Crippen molar-refractivity contribution in [2.24, 2.45) is 5.92 Å². The first-order valence-electron chi connectivity index (χ1n) is 9.83. The fraction of sp³-hybridized carbons (Fsp3) is 0.667. The number of carbonyl (C=O) groups is 1. The van der Waals surface area contributed by atoms with Gasteiger partial charge in [-0.15, -0.1) is 0 Å². The second-order valence-corrected chi connectivity index (χ2v) is 7.79. The van der Waals surface area contributed by atoms with Crippen molar-refractivity contribution in [1.82, 2.24) is 9.80 Å². The molecule has 2 fully saturated rings. The molecule has 2 aliphatic heterocycles. The summed E-state index contributed by atoms with van der Waals surface area (Å²) in [6, 6.07) is 10.5. The van der Waals surface area contributed by atoms with Crippen molar-refractivity contribution in [3.05, 3.63) is 35.9 Å². The van der Waals surface area contributed by atoms with Crippen molar-refractivity contribution in [3.8, 4) is 0 Å². The number of morpholine rings is 1. The highest BCUT2D eigenvalue weighted by atomic mass is 16.5. The average molecular weight is 344 g/mol. The quantitative estimate of drug-likeness (QED) is 0.792.